The molecule has 0 unspecified atom stereocenters. The van der Waals surface area contributed by atoms with Crippen molar-refractivity contribution in [2.75, 3.05) is 13.2 Å². The number of hydrogen-bond donors (Lipinski definition) is 0. The molecule has 0 saturated carbocycles. The van der Waals surface area contributed by atoms with E-state index in [1.807, 2.05) is 0 Å². The summed E-state index contributed by atoms with van der Waals surface area (Å²) in [5, 5.41) is 0. The second kappa shape index (κ2) is 6.47. The first-order valence-electron chi connectivity index (χ1n) is 7.49. The van der Waals surface area contributed by atoms with Crippen LogP contribution in [0.5, 0.6) is 0 Å². The zero-order valence-electron chi connectivity index (χ0n) is 13.2. The van der Waals surface area contributed by atoms with Gasteiger partial charge in [0.05, 0.1) is 5.56 Å². The molecule has 1 heterocycles. The van der Waals surface area contributed by atoms with E-state index in [1.165, 1.54) is 6.07 Å². The Morgan fingerprint density at radius 1 is 1.14 bits per heavy atom. The van der Waals surface area contributed by atoms with E-state index in [1.54, 1.807) is 12.1 Å². The van der Waals surface area contributed by atoms with Crippen molar-refractivity contribution in [2.24, 2.45) is 0 Å². The zero-order chi connectivity index (χ0) is 16.4. The van der Waals surface area contributed by atoms with Crippen LogP contribution in [0, 0.1) is 11.5 Å². The fourth-order valence-corrected chi connectivity index (χ4v) is 3.02. The van der Waals surface area contributed by atoms with Crippen LogP contribution in [0.4, 0.5) is 13.2 Å². The molecule has 1 nitrogen and oxygen atoms in total. The van der Waals surface area contributed by atoms with E-state index in [2.05, 4.69) is 31.1 Å². The molecule has 1 aliphatic rings. The summed E-state index contributed by atoms with van der Waals surface area (Å²) in [6, 6.07) is 4.53. The molecular formula is C17H21F3OSi. The van der Waals surface area contributed by atoms with Gasteiger partial charge in [-0.25, -0.2) is 0 Å². The van der Waals surface area contributed by atoms with Gasteiger partial charge in [-0.3, -0.25) is 0 Å². The normalized spacial score (nSPS) is 17.0. The minimum Gasteiger partial charge on any atom is -0.381 e. The van der Waals surface area contributed by atoms with Crippen molar-refractivity contribution in [3.05, 3.63) is 34.9 Å². The third kappa shape index (κ3) is 4.62. The lowest BCUT2D eigenvalue weighted by molar-refractivity contribution is -0.138. The predicted octanol–water partition coefficient (Wildman–Crippen LogP) is 4.83. The summed E-state index contributed by atoms with van der Waals surface area (Å²) >= 11 is 0. The Balaban J connectivity index is 2.40. The monoisotopic (exact) mass is 326 g/mol. The molecule has 0 aromatic heterocycles. The fourth-order valence-electron chi connectivity index (χ4n) is 2.50. The maximum absolute atomic E-state index is 13.4. The number of benzene rings is 1. The lowest BCUT2D eigenvalue weighted by Crippen LogP contribution is -2.19. The van der Waals surface area contributed by atoms with Gasteiger partial charge in [0.2, 0.25) is 0 Å². The van der Waals surface area contributed by atoms with E-state index in [-0.39, 0.29) is 5.92 Å². The van der Waals surface area contributed by atoms with Crippen molar-refractivity contribution >= 4 is 8.07 Å². The van der Waals surface area contributed by atoms with Crippen molar-refractivity contribution in [3.63, 3.8) is 0 Å². The molecule has 1 saturated heterocycles. The Morgan fingerprint density at radius 3 is 2.32 bits per heavy atom. The molecule has 0 radical (unpaired) electrons. The molecule has 0 spiro atoms. The summed E-state index contributed by atoms with van der Waals surface area (Å²) in [6.45, 7) is 7.27. The highest BCUT2D eigenvalue weighted by molar-refractivity contribution is 6.83. The third-order valence-corrected chi connectivity index (χ3v) is 4.48. The molecule has 120 valence electrons. The average Bonchev–Trinajstić information content (AvgIpc) is 2.44. The predicted molar refractivity (Wildman–Crippen MR) is 84.5 cm³/mol. The molecule has 1 aromatic carbocycles. The van der Waals surface area contributed by atoms with Crippen LogP contribution >= 0.6 is 0 Å². The van der Waals surface area contributed by atoms with E-state index in [4.69, 9.17) is 4.74 Å². The van der Waals surface area contributed by atoms with Gasteiger partial charge in [0.1, 0.15) is 8.07 Å². The molecule has 0 bridgehead atoms. The molecule has 1 aromatic rings. The SMILES string of the molecule is C[Si](C)(C)C#Cc1ccc(C2CCOCC2)c(C(F)(F)F)c1. The molecule has 22 heavy (non-hydrogen) atoms. The Kier molecular flexibility index (Phi) is 5.03. The maximum atomic E-state index is 13.4. The lowest BCUT2D eigenvalue weighted by Gasteiger charge is -2.25. The summed E-state index contributed by atoms with van der Waals surface area (Å²) in [5.74, 6) is 2.83. The number of alkyl halides is 3. The van der Waals surface area contributed by atoms with Gasteiger partial charge >= 0.3 is 6.18 Å². The van der Waals surface area contributed by atoms with Crippen molar-refractivity contribution in [1.29, 1.82) is 0 Å². The van der Waals surface area contributed by atoms with Crippen LogP contribution in [-0.2, 0) is 10.9 Å². The van der Waals surface area contributed by atoms with Crippen molar-refractivity contribution in [3.8, 4) is 11.5 Å². The third-order valence-electron chi connectivity index (χ3n) is 3.60. The number of hydrogen-bond acceptors (Lipinski definition) is 1. The molecule has 0 atom stereocenters. The first-order valence-corrected chi connectivity index (χ1v) is 11.0. The van der Waals surface area contributed by atoms with Crippen LogP contribution in [0.25, 0.3) is 0 Å². The minimum atomic E-state index is -4.34. The van der Waals surface area contributed by atoms with Crippen molar-refractivity contribution in [2.45, 2.75) is 44.6 Å². The number of halogens is 3. The van der Waals surface area contributed by atoms with Gasteiger partial charge < -0.3 is 4.74 Å². The second-order valence-electron chi connectivity index (χ2n) is 6.69. The van der Waals surface area contributed by atoms with E-state index in [9.17, 15) is 13.2 Å². The van der Waals surface area contributed by atoms with Crippen LogP contribution < -0.4 is 0 Å². The van der Waals surface area contributed by atoms with Gasteiger partial charge in [-0.1, -0.05) is 31.6 Å². The summed E-state index contributed by atoms with van der Waals surface area (Å²) in [4.78, 5) is 0. The van der Waals surface area contributed by atoms with Crippen molar-refractivity contribution in [1.82, 2.24) is 0 Å². The smallest absolute Gasteiger partial charge is 0.381 e. The van der Waals surface area contributed by atoms with Gasteiger partial charge in [-0.15, -0.1) is 5.54 Å². The molecule has 2 rings (SSSR count). The van der Waals surface area contributed by atoms with Crippen LogP contribution in [-0.4, -0.2) is 21.3 Å². The fraction of sp³-hybridized carbons (Fsp3) is 0.529. The Morgan fingerprint density at radius 2 is 1.77 bits per heavy atom. The standard InChI is InChI=1S/C17H21F3OSi/c1-22(2,3)11-8-13-4-5-15(14-6-9-21-10-7-14)16(12-13)17(18,19)20/h4-5,12,14H,6-7,9-10H2,1-3H3. The van der Waals surface area contributed by atoms with E-state index in [0.717, 1.165) is 0 Å². The Hall–Kier alpha value is -1.25. The largest absolute Gasteiger partial charge is 0.416 e. The van der Waals surface area contributed by atoms with Crippen LogP contribution in [0.3, 0.4) is 0 Å². The summed E-state index contributed by atoms with van der Waals surface area (Å²) in [6.07, 6.45) is -3.06. The van der Waals surface area contributed by atoms with Gasteiger partial charge in [-0.05, 0) is 36.5 Å². The highest BCUT2D eigenvalue weighted by Crippen LogP contribution is 2.38. The van der Waals surface area contributed by atoms with Crippen LogP contribution in [0.2, 0.25) is 19.6 Å². The van der Waals surface area contributed by atoms with Crippen LogP contribution in [0.15, 0.2) is 18.2 Å². The van der Waals surface area contributed by atoms with Gasteiger partial charge in [0, 0.05) is 18.8 Å². The van der Waals surface area contributed by atoms with Gasteiger partial charge in [-0.2, -0.15) is 13.2 Å². The Labute approximate surface area is 130 Å². The zero-order valence-corrected chi connectivity index (χ0v) is 14.2. The highest BCUT2D eigenvalue weighted by atomic mass is 28.3. The number of rotatable bonds is 1. The van der Waals surface area contributed by atoms with E-state index in [0.29, 0.717) is 37.2 Å². The summed E-state index contributed by atoms with van der Waals surface area (Å²) in [5.41, 5.74) is 3.41. The molecule has 0 amide bonds. The molecular weight excluding hydrogens is 305 g/mol. The quantitative estimate of drug-likeness (QED) is 0.530. The second-order valence-corrected chi connectivity index (χ2v) is 11.4. The molecule has 1 aliphatic heterocycles. The first kappa shape index (κ1) is 17.1. The van der Waals surface area contributed by atoms with E-state index < -0.39 is 19.8 Å². The van der Waals surface area contributed by atoms with Gasteiger partial charge in [0.25, 0.3) is 0 Å². The summed E-state index contributed by atoms with van der Waals surface area (Å²) < 4.78 is 45.4. The maximum Gasteiger partial charge on any atom is 0.416 e. The highest BCUT2D eigenvalue weighted by Gasteiger charge is 2.35. The van der Waals surface area contributed by atoms with E-state index >= 15 is 0 Å². The molecule has 1 fully saturated rings. The number of ether oxygens (including phenoxy) is 1. The molecule has 0 N–H and O–H groups in total. The van der Waals surface area contributed by atoms with Crippen molar-refractivity contribution < 1.29 is 17.9 Å². The minimum absolute atomic E-state index is 0.0793. The topological polar surface area (TPSA) is 9.23 Å². The molecule has 5 heteroatoms. The lowest BCUT2D eigenvalue weighted by atomic mass is 9.87. The average molecular weight is 326 g/mol. The molecule has 0 aliphatic carbocycles. The van der Waals surface area contributed by atoms with Crippen LogP contribution in [0.1, 0.15) is 35.4 Å². The Bertz CT molecular complexity index is 585. The first-order chi connectivity index (χ1) is 10.2. The van der Waals surface area contributed by atoms with Gasteiger partial charge in [0.15, 0.2) is 0 Å². The summed E-state index contributed by atoms with van der Waals surface area (Å²) in [7, 11) is -1.61.